The molecule has 0 aliphatic rings. The molecule has 0 aromatic carbocycles. The van der Waals surface area contributed by atoms with E-state index in [1.807, 2.05) is 6.92 Å². The molecule has 2 rings (SSSR count). The van der Waals surface area contributed by atoms with Gasteiger partial charge in [-0.15, -0.1) is 0 Å². The summed E-state index contributed by atoms with van der Waals surface area (Å²) in [4.78, 5) is 4.01. The van der Waals surface area contributed by atoms with Gasteiger partial charge >= 0.3 is 0 Å². The maximum atomic E-state index is 12.8. The van der Waals surface area contributed by atoms with Crippen LogP contribution in [0.3, 0.4) is 0 Å². The van der Waals surface area contributed by atoms with Crippen molar-refractivity contribution < 1.29 is 4.39 Å². The highest BCUT2D eigenvalue weighted by atomic mass is 35.5. The summed E-state index contributed by atoms with van der Waals surface area (Å²) in [5.74, 6) is -0.337. The SMILES string of the molecule is Cc1ncn2c(Cl)cc(F)cc12. The number of imidazole rings is 1. The van der Waals surface area contributed by atoms with Crippen molar-refractivity contribution in [2.24, 2.45) is 0 Å². The first-order valence-corrected chi connectivity index (χ1v) is 3.85. The maximum Gasteiger partial charge on any atom is 0.128 e. The molecule has 0 bridgehead atoms. The number of aromatic nitrogens is 2. The van der Waals surface area contributed by atoms with Crippen LogP contribution in [0.2, 0.25) is 5.15 Å². The molecule has 2 aromatic heterocycles. The van der Waals surface area contributed by atoms with Gasteiger partial charge in [-0.05, 0) is 13.0 Å². The van der Waals surface area contributed by atoms with Crippen LogP contribution in [0.1, 0.15) is 5.69 Å². The molecule has 62 valence electrons. The molecular weight excluding hydrogens is 179 g/mol. The standard InChI is InChI=1S/C8H6ClFN2/c1-5-7-2-6(10)3-8(9)12(7)4-11-5/h2-4H,1H3. The minimum atomic E-state index is -0.337. The summed E-state index contributed by atoms with van der Waals surface area (Å²) in [6, 6.07) is 2.67. The predicted octanol–water partition coefficient (Wildman–Crippen LogP) is 2.44. The molecule has 2 heterocycles. The van der Waals surface area contributed by atoms with E-state index in [0.717, 1.165) is 5.69 Å². The van der Waals surface area contributed by atoms with Crippen molar-refractivity contribution in [2.75, 3.05) is 0 Å². The van der Waals surface area contributed by atoms with Crippen LogP contribution in [-0.4, -0.2) is 9.38 Å². The quantitative estimate of drug-likeness (QED) is 0.575. The topological polar surface area (TPSA) is 17.3 Å². The van der Waals surface area contributed by atoms with Crippen LogP contribution in [0, 0.1) is 12.7 Å². The molecule has 0 saturated carbocycles. The van der Waals surface area contributed by atoms with Gasteiger partial charge in [0.2, 0.25) is 0 Å². The molecule has 0 fully saturated rings. The fourth-order valence-electron chi connectivity index (χ4n) is 1.15. The lowest BCUT2D eigenvalue weighted by Crippen LogP contribution is -1.86. The van der Waals surface area contributed by atoms with E-state index in [1.165, 1.54) is 12.1 Å². The molecule has 0 spiro atoms. The summed E-state index contributed by atoms with van der Waals surface area (Å²) in [5.41, 5.74) is 1.48. The van der Waals surface area contributed by atoms with E-state index in [9.17, 15) is 4.39 Å². The van der Waals surface area contributed by atoms with Crippen molar-refractivity contribution in [2.45, 2.75) is 6.92 Å². The Balaban J connectivity index is 2.92. The van der Waals surface area contributed by atoms with E-state index in [1.54, 1.807) is 10.7 Å². The van der Waals surface area contributed by atoms with Crippen LogP contribution in [0.5, 0.6) is 0 Å². The molecule has 2 nitrogen and oxygen atoms in total. The van der Waals surface area contributed by atoms with E-state index in [4.69, 9.17) is 11.6 Å². The van der Waals surface area contributed by atoms with E-state index in [-0.39, 0.29) is 5.82 Å². The van der Waals surface area contributed by atoms with Gasteiger partial charge in [-0.3, -0.25) is 4.40 Å². The Bertz CT molecular complexity index is 436. The Morgan fingerprint density at radius 1 is 1.50 bits per heavy atom. The molecule has 4 heteroatoms. The Labute approximate surface area is 73.6 Å². The molecule has 12 heavy (non-hydrogen) atoms. The fraction of sp³-hybridized carbons (Fsp3) is 0.125. The van der Waals surface area contributed by atoms with Crippen molar-refractivity contribution in [1.82, 2.24) is 9.38 Å². The average Bonchev–Trinajstić information content (AvgIpc) is 2.33. The Hall–Kier alpha value is -1.09. The second-order valence-corrected chi connectivity index (χ2v) is 2.97. The van der Waals surface area contributed by atoms with E-state index in [0.29, 0.717) is 10.7 Å². The zero-order valence-corrected chi connectivity index (χ0v) is 7.14. The minimum absolute atomic E-state index is 0.337. The van der Waals surface area contributed by atoms with Crippen molar-refractivity contribution >= 4 is 17.1 Å². The first-order chi connectivity index (χ1) is 5.68. The van der Waals surface area contributed by atoms with Gasteiger partial charge < -0.3 is 0 Å². The molecule has 0 amide bonds. The Morgan fingerprint density at radius 2 is 2.25 bits per heavy atom. The second kappa shape index (κ2) is 2.45. The molecule has 2 aromatic rings. The summed E-state index contributed by atoms with van der Waals surface area (Å²) in [5, 5.41) is 0.339. The summed E-state index contributed by atoms with van der Waals surface area (Å²) in [6.07, 6.45) is 1.58. The number of rotatable bonds is 0. The second-order valence-electron chi connectivity index (χ2n) is 2.58. The van der Waals surface area contributed by atoms with Gasteiger partial charge in [0.25, 0.3) is 0 Å². The lowest BCUT2D eigenvalue weighted by molar-refractivity contribution is 0.627. The van der Waals surface area contributed by atoms with E-state index in [2.05, 4.69) is 4.98 Å². The van der Waals surface area contributed by atoms with Gasteiger partial charge in [0.15, 0.2) is 0 Å². The van der Waals surface area contributed by atoms with Crippen LogP contribution >= 0.6 is 11.6 Å². The number of pyridine rings is 1. The smallest absolute Gasteiger partial charge is 0.128 e. The van der Waals surface area contributed by atoms with Gasteiger partial charge in [-0.1, -0.05) is 11.6 Å². The highest BCUT2D eigenvalue weighted by Crippen LogP contribution is 2.17. The van der Waals surface area contributed by atoms with Crippen LogP contribution in [0.15, 0.2) is 18.5 Å². The van der Waals surface area contributed by atoms with Crippen LogP contribution < -0.4 is 0 Å². The molecule has 0 saturated heterocycles. The van der Waals surface area contributed by atoms with Crippen LogP contribution in [0.25, 0.3) is 5.52 Å². The van der Waals surface area contributed by atoms with Crippen molar-refractivity contribution in [3.05, 3.63) is 35.1 Å². The molecule has 0 aliphatic heterocycles. The van der Waals surface area contributed by atoms with Gasteiger partial charge in [0, 0.05) is 6.07 Å². The third-order valence-electron chi connectivity index (χ3n) is 1.76. The molecule has 0 radical (unpaired) electrons. The predicted molar refractivity (Wildman–Crippen MR) is 44.9 cm³/mol. The first kappa shape index (κ1) is 7.55. The number of hydrogen-bond acceptors (Lipinski definition) is 1. The van der Waals surface area contributed by atoms with E-state index >= 15 is 0 Å². The zero-order valence-electron chi connectivity index (χ0n) is 6.38. The highest BCUT2D eigenvalue weighted by molar-refractivity contribution is 6.29. The number of nitrogens with zero attached hydrogens (tertiary/aromatic N) is 2. The summed E-state index contributed by atoms with van der Waals surface area (Å²) >= 11 is 5.76. The number of fused-ring (bicyclic) bond motifs is 1. The zero-order chi connectivity index (χ0) is 8.72. The summed E-state index contributed by atoms with van der Waals surface area (Å²) in [7, 11) is 0. The lowest BCUT2D eigenvalue weighted by atomic mass is 10.3. The third kappa shape index (κ3) is 0.975. The molecule has 0 unspecified atom stereocenters. The van der Waals surface area contributed by atoms with Crippen LogP contribution in [-0.2, 0) is 0 Å². The Kier molecular flexibility index (Phi) is 1.54. The summed E-state index contributed by atoms with van der Waals surface area (Å²) in [6.45, 7) is 1.81. The number of aryl methyl sites for hydroxylation is 1. The van der Waals surface area contributed by atoms with Crippen molar-refractivity contribution in [3.8, 4) is 0 Å². The third-order valence-corrected chi connectivity index (χ3v) is 2.05. The average molecular weight is 185 g/mol. The van der Waals surface area contributed by atoms with Crippen molar-refractivity contribution in [1.29, 1.82) is 0 Å². The maximum absolute atomic E-state index is 12.8. The Morgan fingerprint density at radius 3 is 3.00 bits per heavy atom. The van der Waals surface area contributed by atoms with Crippen LogP contribution in [0.4, 0.5) is 4.39 Å². The number of hydrogen-bond donors (Lipinski definition) is 0. The van der Waals surface area contributed by atoms with Gasteiger partial charge in [-0.2, -0.15) is 0 Å². The largest absolute Gasteiger partial charge is 0.289 e. The van der Waals surface area contributed by atoms with Gasteiger partial charge in [0.1, 0.15) is 17.3 Å². The van der Waals surface area contributed by atoms with Crippen molar-refractivity contribution in [3.63, 3.8) is 0 Å². The molecular formula is C8H6ClFN2. The monoisotopic (exact) mass is 184 g/mol. The molecule has 0 atom stereocenters. The fourth-order valence-corrected chi connectivity index (χ4v) is 1.39. The molecule has 0 N–H and O–H groups in total. The first-order valence-electron chi connectivity index (χ1n) is 3.47. The highest BCUT2D eigenvalue weighted by Gasteiger charge is 2.04. The minimum Gasteiger partial charge on any atom is -0.289 e. The van der Waals surface area contributed by atoms with Gasteiger partial charge in [-0.25, -0.2) is 9.37 Å². The lowest BCUT2D eigenvalue weighted by Gasteiger charge is -1.97. The normalized spacial score (nSPS) is 10.9. The van der Waals surface area contributed by atoms with Gasteiger partial charge in [0.05, 0.1) is 11.2 Å². The number of halogens is 2. The molecule has 0 aliphatic carbocycles. The summed E-state index contributed by atoms with van der Waals surface area (Å²) < 4.78 is 14.5. The van der Waals surface area contributed by atoms with E-state index < -0.39 is 0 Å².